The van der Waals surface area contributed by atoms with Crippen molar-refractivity contribution >= 4 is 31.1 Å². The predicted molar refractivity (Wildman–Crippen MR) is 79.6 cm³/mol. The van der Waals surface area contributed by atoms with Crippen LogP contribution in [0.4, 0.5) is 0 Å². The third-order valence-electron chi connectivity index (χ3n) is 2.90. The molecule has 1 unspecified atom stereocenters. The maximum Gasteiger partial charge on any atom is 0.128 e. The zero-order valence-corrected chi connectivity index (χ0v) is 11.4. The second-order valence-corrected chi connectivity index (χ2v) is 6.58. The van der Waals surface area contributed by atoms with Crippen LogP contribution in [0, 0.1) is 0 Å². The number of hydrogen-bond donors (Lipinski definition) is 0. The van der Waals surface area contributed by atoms with E-state index in [4.69, 9.17) is 0 Å². The van der Waals surface area contributed by atoms with Crippen molar-refractivity contribution in [3.63, 3.8) is 0 Å². The maximum atomic E-state index is 11.3. The average molecular weight is 270 g/mol. The molecule has 0 bridgehead atoms. The number of carbonyl (C=O) groups is 2. The summed E-state index contributed by atoms with van der Waals surface area (Å²) in [4.78, 5) is 22.1. The third kappa shape index (κ3) is 3.36. The first-order valence-corrected chi connectivity index (χ1v) is 7.56. The van der Waals surface area contributed by atoms with E-state index >= 15 is 0 Å². The van der Waals surface area contributed by atoms with E-state index in [1.807, 2.05) is 60.7 Å². The van der Waals surface area contributed by atoms with E-state index in [9.17, 15) is 9.59 Å². The van der Waals surface area contributed by atoms with Gasteiger partial charge in [0, 0.05) is 12.1 Å². The Morgan fingerprint density at radius 3 is 1.68 bits per heavy atom. The highest BCUT2D eigenvalue weighted by atomic mass is 31.1. The van der Waals surface area contributed by atoms with Crippen molar-refractivity contribution < 1.29 is 9.59 Å². The van der Waals surface area contributed by atoms with Gasteiger partial charge in [0.1, 0.15) is 12.6 Å². The van der Waals surface area contributed by atoms with Gasteiger partial charge in [0.25, 0.3) is 0 Å². The first kappa shape index (κ1) is 13.6. The quantitative estimate of drug-likeness (QED) is 0.596. The Bertz CT molecular complexity index is 485. The third-order valence-corrected chi connectivity index (χ3v) is 5.60. The summed E-state index contributed by atoms with van der Waals surface area (Å²) in [7, 11) is -0.820. The molecule has 2 rings (SSSR count). The summed E-state index contributed by atoms with van der Waals surface area (Å²) < 4.78 is 0. The zero-order chi connectivity index (χ0) is 13.5. The van der Waals surface area contributed by atoms with Crippen molar-refractivity contribution in [1.29, 1.82) is 0 Å². The predicted octanol–water partition coefficient (Wildman–Crippen LogP) is 2.28. The van der Waals surface area contributed by atoms with Gasteiger partial charge >= 0.3 is 0 Å². The summed E-state index contributed by atoms with van der Waals surface area (Å²) in [5.74, 6) is 0. The van der Waals surface area contributed by atoms with Crippen molar-refractivity contribution in [2.24, 2.45) is 0 Å². The van der Waals surface area contributed by atoms with Crippen LogP contribution in [0.15, 0.2) is 60.7 Å². The first-order valence-electron chi connectivity index (χ1n) is 6.15. The summed E-state index contributed by atoms with van der Waals surface area (Å²) in [5.41, 5.74) is -0.253. The molecule has 0 N–H and O–H groups in total. The Morgan fingerprint density at radius 2 is 1.32 bits per heavy atom. The van der Waals surface area contributed by atoms with Gasteiger partial charge < -0.3 is 9.59 Å². The van der Waals surface area contributed by atoms with Gasteiger partial charge in [0.15, 0.2) is 0 Å². The Labute approximate surface area is 114 Å². The summed E-state index contributed by atoms with van der Waals surface area (Å²) in [6, 6.07) is 19.9. The lowest BCUT2D eigenvalue weighted by atomic mass is 10.3. The van der Waals surface area contributed by atoms with Crippen LogP contribution in [-0.2, 0) is 9.59 Å². The van der Waals surface area contributed by atoms with Gasteiger partial charge in [-0.3, -0.25) is 0 Å². The minimum atomic E-state index is -0.820. The molecule has 0 amide bonds. The van der Waals surface area contributed by atoms with Gasteiger partial charge in [-0.25, -0.2) is 0 Å². The molecular formula is C16H15O2P. The molecule has 2 aromatic rings. The van der Waals surface area contributed by atoms with Gasteiger partial charge in [-0.1, -0.05) is 60.7 Å². The highest BCUT2D eigenvalue weighted by Gasteiger charge is 2.23. The van der Waals surface area contributed by atoms with Crippen LogP contribution in [0.1, 0.15) is 6.42 Å². The van der Waals surface area contributed by atoms with Crippen LogP contribution in [0.3, 0.4) is 0 Å². The minimum absolute atomic E-state index is 0.253. The van der Waals surface area contributed by atoms with E-state index in [-0.39, 0.29) is 12.1 Å². The maximum absolute atomic E-state index is 11.3. The van der Waals surface area contributed by atoms with Crippen LogP contribution < -0.4 is 10.6 Å². The Hall–Kier alpha value is -1.79. The van der Waals surface area contributed by atoms with Gasteiger partial charge in [-0.05, 0) is 18.5 Å². The highest BCUT2D eigenvalue weighted by molar-refractivity contribution is 7.74. The van der Waals surface area contributed by atoms with Gasteiger partial charge in [0.2, 0.25) is 0 Å². The van der Waals surface area contributed by atoms with Crippen LogP contribution >= 0.6 is 7.92 Å². The molecule has 1 atom stereocenters. The molecule has 0 aliphatic carbocycles. The van der Waals surface area contributed by atoms with Crippen molar-refractivity contribution in [2.45, 2.75) is 12.1 Å². The number of hydrogen-bond acceptors (Lipinski definition) is 2. The average Bonchev–Trinajstić information content (AvgIpc) is 2.49. The van der Waals surface area contributed by atoms with Crippen molar-refractivity contribution in [2.75, 3.05) is 0 Å². The lowest BCUT2D eigenvalue weighted by Crippen LogP contribution is -2.23. The van der Waals surface area contributed by atoms with Gasteiger partial charge in [0.05, 0.1) is 0 Å². The van der Waals surface area contributed by atoms with Crippen LogP contribution in [-0.4, -0.2) is 18.2 Å². The molecular weight excluding hydrogens is 255 g/mol. The summed E-state index contributed by atoms with van der Waals surface area (Å²) in [6.07, 6.45) is 2.03. The SMILES string of the molecule is O=CCC(C=O)P(c1ccccc1)c1ccccc1. The standard InChI is InChI=1S/C16H15O2P/c17-12-11-16(13-18)19(14-7-3-1-4-8-14)15-9-5-2-6-10-15/h1-10,12-13,16H,11H2. The van der Waals surface area contributed by atoms with E-state index < -0.39 is 7.92 Å². The fourth-order valence-electron chi connectivity index (χ4n) is 2.03. The van der Waals surface area contributed by atoms with E-state index in [2.05, 4.69) is 0 Å². The summed E-state index contributed by atoms with van der Waals surface area (Å²) in [5, 5.41) is 2.25. The molecule has 0 spiro atoms. The monoisotopic (exact) mass is 270 g/mol. The first-order chi connectivity index (χ1) is 9.36. The van der Waals surface area contributed by atoms with Crippen LogP contribution in [0.25, 0.3) is 0 Å². The van der Waals surface area contributed by atoms with Crippen LogP contribution in [0.2, 0.25) is 0 Å². The number of benzene rings is 2. The molecule has 0 saturated carbocycles. The van der Waals surface area contributed by atoms with Crippen molar-refractivity contribution in [3.8, 4) is 0 Å². The number of rotatable bonds is 6. The molecule has 96 valence electrons. The molecule has 0 fully saturated rings. The fraction of sp³-hybridized carbons (Fsp3) is 0.125. The second-order valence-electron chi connectivity index (χ2n) is 4.15. The molecule has 19 heavy (non-hydrogen) atoms. The van der Waals surface area contributed by atoms with Crippen molar-refractivity contribution in [3.05, 3.63) is 60.7 Å². The van der Waals surface area contributed by atoms with Crippen LogP contribution in [0.5, 0.6) is 0 Å². The molecule has 0 saturated heterocycles. The molecule has 0 heterocycles. The molecule has 0 aliphatic heterocycles. The van der Waals surface area contributed by atoms with Gasteiger partial charge in [-0.2, -0.15) is 0 Å². The highest BCUT2D eigenvalue weighted by Crippen LogP contribution is 2.39. The van der Waals surface area contributed by atoms with E-state index in [0.717, 1.165) is 23.2 Å². The topological polar surface area (TPSA) is 34.1 Å². The molecule has 0 aromatic heterocycles. The van der Waals surface area contributed by atoms with E-state index in [1.54, 1.807) is 0 Å². The Balaban J connectivity index is 2.44. The lowest BCUT2D eigenvalue weighted by Gasteiger charge is -2.23. The Morgan fingerprint density at radius 1 is 0.842 bits per heavy atom. The summed E-state index contributed by atoms with van der Waals surface area (Å²) >= 11 is 0. The zero-order valence-electron chi connectivity index (χ0n) is 10.5. The fourth-order valence-corrected chi connectivity index (χ4v) is 4.50. The Kier molecular flexibility index (Phi) is 5.00. The molecule has 0 aliphatic rings. The van der Waals surface area contributed by atoms with Gasteiger partial charge in [-0.15, -0.1) is 0 Å². The number of aldehydes is 2. The minimum Gasteiger partial charge on any atom is -0.303 e. The molecule has 3 heteroatoms. The summed E-state index contributed by atoms with van der Waals surface area (Å²) in [6.45, 7) is 0. The lowest BCUT2D eigenvalue weighted by molar-refractivity contribution is -0.111. The largest absolute Gasteiger partial charge is 0.303 e. The second kappa shape index (κ2) is 6.96. The van der Waals surface area contributed by atoms with E-state index in [0.29, 0.717) is 0 Å². The normalized spacial score (nSPS) is 12.1. The smallest absolute Gasteiger partial charge is 0.128 e. The molecule has 0 radical (unpaired) electrons. The van der Waals surface area contributed by atoms with Crippen molar-refractivity contribution in [1.82, 2.24) is 0 Å². The van der Waals surface area contributed by atoms with E-state index in [1.165, 1.54) is 0 Å². The molecule has 2 nitrogen and oxygen atoms in total. The number of carbonyl (C=O) groups excluding carboxylic acids is 2. The molecule has 2 aromatic carbocycles.